The molecule has 0 atom stereocenters. The Morgan fingerprint density at radius 3 is 1.31 bits per heavy atom. The van der Waals surface area contributed by atoms with E-state index in [1.807, 2.05) is 0 Å². The maximum Gasteiger partial charge on any atom is 0.145 e. The molecule has 13 rings (SSSR count). The molecule has 0 amide bonds. The second-order valence-corrected chi connectivity index (χ2v) is 18.4. The third-order valence-electron chi connectivity index (χ3n) is 14.1. The standard InChI is InChI=1S/C70H47NO/c1-4-17-48(18-5-1)56-45-57(49-19-6-2-7-20-49)47-58(46-56)64-27-13-12-26-62(64)55-37-41-60(42-38-55)71(67-44-43-65(53-21-8-3-9-22-53)70-69(67)66-28-14-15-30-68(66)72-70)59-39-35-51(36-40-59)50-31-33-54(34-32-50)63-29-16-24-52-23-10-11-25-61(52)63/h1-47H. The van der Waals surface area contributed by atoms with Crippen LogP contribution in [0.3, 0.4) is 0 Å². The van der Waals surface area contributed by atoms with Crippen LogP contribution in [-0.2, 0) is 0 Å². The zero-order valence-electron chi connectivity index (χ0n) is 39.5. The fourth-order valence-electron chi connectivity index (χ4n) is 10.5. The first-order chi connectivity index (χ1) is 35.7. The van der Waals surface area contributed by atoms with Crippen molar-refractivity contribution in [1.29, 1.82) is 0 Å². The lowest BCUT2D eigenvalue weighted by Crippen LogP contribution is -2.10. The van der Waals surface area contributed by atoms with Crippen molar-refractivity contribution in [3.8, 4) is 77.9 Å². The molecule has 2 nitrogen and oxygen atoms in total. The van der Waals surface area contributed by atoms with Gasteiger partial charge >= 0.3 is 0 Å². The van der Waals surface area contributed by atoms with Crippen molar-refractivity contribution >= 4 is 49.8 Å². The predicted octanol–water partition coefficient (Wildman–Crippen LogP) is 19.9. The van der Waals surface area contributed by atoms with Crippen LogP contribution in [0.4, 0.5) is 17.1 Å². The van der Waals surface area contributed by atoms with E-state index in [1.54, 1.807) is 0 Å². The molecule has 338 valence electrons. The van der Waals surface area contributed by atoms with E-state index < -0.39 is 0 Å². The quantitative estimate of drug-likeness (QED) is 0.136. The molecular formula is C70H47NO. The molecule has 0 aliphatic carbocycles. The van der Waals surface area contributed by atoms with Gasteiger partial charge in [0.25, 0.3) is 0 Å². The van der Waals surface area contributed by atoms with E-state index in [4.69, 9.17) is 4.42 Å². The second kappa shape index (κ2) is 18.4. The van der Waals surface area contributed by atoms with Crippen LogP contribution in [0.5, 0.6) is 0 Å². The van der Waals surface area contributed by atoms with Gasteiger partial charge in [-0.25, -0.2) is 0 Å². The molecule has 0 N–H and O–H groups in total. The van der Waals surface area contributed by atoms with Crippen molar-refractivity contribution in [3.05, 3.63) is 285 Å². The van der Waals surface area contributed by atoms with Crippen LogP contribution in [0.2, 0.25) is 0 Å². The third kappa shape index (κ3) is 7.92. The number of hydrogen-bond donors (Lipinski definition) is 0. The average molecular weight is 918 g/mol. The largest absolute Gasteiger partial charge is 0.455 e. The molecule has 13 aromatic rings. The minimum absolute atomic E-state index is 0.859. The highest BCUT2D eigenvalue weighted by Gasteiger charge is 2.23. The number of furan rings is 1. The molecule has 0 radical (unpaired) electrons. The van der Waals surface area contributed by atoms with Crippen molar-refractivity contribution in [2.24, 2.45) is 0 Å². The summed E-state index contributed by atoms with van der Waals surface area (Å²) in [5.41, 5.74) is 21.2. The van der Waals surface area contributed by atoms with Gasteiger partial charge in [-0.1, -0.05) is 224 Å². The summed E-state index contributed by atoms with van der Waals surface area (Å²) in [7, 11) is 0. The van der Waals surface area contributed by atoms with Crippen molar-refractivity contribution < 1.29 is 4.42 Å². The van der Waals surface area contributed by atoms with Crippen molar-refractivity contribution in [3.63, 3.8) is 0 Å². The molecule has 1 aromatic heterocycles. The van der Waals surface area contributed by atoms with Gasteiger partial charge in [-0.05, 0) is 144 Å². The first-order valence-corrected chi connectivity index (χ1v) is 24.6. The molecule has 0 bridgehead atoms. The minimum Gasteiger partial charge on any atom is -0.455 e. The zero-order valence-corrected chi connectivity index (χ0v) is 39.5. The van der Waals surface area contributed by atoms with Gasteiger partial charge in [-0.3, -0.25) is 0 Å². The first-order valence-electron chi connectivity index (χ1n) is 24.6. The number of anilines is 3. The summed E-state index contributed by atoms with van der Waals surface area (Å²) < 4.78 is 6.82. The molecule has 0 spiro atoms. The van der Waals surface area contributed by atoms with Crippen molar-refractivity contribution in [2.45, 2.75) is 0 Å². The summed E-state index contributed by atoms with van der Waals surface area (Å²) in [5, 5.41) is 4.65. The monoisotopic (exact) mass is 917 g/mol. The molecule has 2 heteroatoms. The molecule has 1 heterocycles. The summed E-state index contributed by atoms with van der Waals surface area (Å²) in [4.78, 5) is 2.39. The molecule has 0 unspecified atom stereocenters. The summed E-state index contributed by atoms with van der Waals surface area (Å²) >= 11 is 0. The van der Waals surface area contributed by atoms with Crippen LogP contribution < -0.4 is 4.90 Å². The molecule has 12 aromatic carbocycles. The fraction of sp³-hybridized carbons (Fsp3) is 0. The lowest BCUT2D eigenvalue weighted by molar-refractivity contribution is 0.670. The molecule has 0 saturated carbocycles. The van der Waals surface area contributed by atoms with Gasteiger partial charge in [0.15, 0.2) is 0 Å². The second-order valence-electron chi connectivity index (χ2n) is 18.4. The summed E-state index contributed by atoms with van der Waals surface area (Å²) in [5.74, 6) is 0. The Hall–Kier alpha value is -9.50. The molecule has 0 saturated heterocycles. The van der Waals surface area contributed by atoms with Crippen LogP contribution in [0.25, 0.3) is 111 Å². The summed E-state index contributed by atoms with van der Waals surface area (Å²) in [6.07, 6.45) is 0. The van der Waals surface area contributed by atoms with E-state index in [0.717, 1.165) is 61.3 Å². The van der Waals surface area contributed by atoms with Gasteiger partial charge in [0.1, 0.15) is 11.2 Å². The Bertz CT molecular complexity index is 3980. The smallest absolute Gasteiger partial charge is 0.145 e. The molecule has 0 fully saturated rings. The Morgan fingerprint density at radius 1 is 0.250 bits per heavy atom. The van der Waals surface area contributed by atoms with Gasteiger partial charge in [0.2, 0.25) is 0 Å². The molecular weight excluding hydrogens is 871 g/mol. The lowest BCUT2D eigenvalue weighted by Gasteiger charge is -2.27. The van der Waals surface area contributed by atoms with Gasteiger partial charge in [0.05, 0.1) is 11.1 Å². The third-order valence-corrected chi connectivity index (χ3v) is 14.1. The van der Waals surface area contributed by atoms with E-state index in [0.29, 0.717) is 0 Å². The number of fused-ring (bicyclic) bond motifs is 4. The van der Waals surface area contributed by atoms with E-state index in [9.17, 15) is 0 Å². The minimum atomic E-state index is 0.859. The SMILES string of the molecule is c1ccc(-c2cc(-c3ccccc3)cc(-c3ccccc3-c3ccc(N(c4ccc(-c5ccc(-c6cccc7ccccc67)cc5)cc4)c4ccc(-c5ccccc5)c5oc6ccccc6c45)cc3)c2)cc1. The van der Waals surface area contributed by atoms with Crippen LogP contribution in [0.1, 0.15) is 0 Å². The van der Waals surface area contributed by atoms with Crippen LogP contribution >= 0.6 is 0 Å². The van der Waals surface area contributed by atoms with Gasteiger partial charge in [0, 0.05) is 22.3 Å². The number of hydrogen-bond acceptors (Lipinski definition) is 2. The van der Waals surface area contributed by atoms with Crippen LogP contribution in [-0.4, -0.2) is 0 Å². The first kappa shape index (κ1) is 42.6. The Morgan fingerprint density at radius 2 is 0.667 bits per heavy atom. The lowest BCUT2D eigenvalue weighted by atomic mass is 9.89. The Kier molecular flexibility index (Phi) is 10.9. The number of nitrogens with zero attached hydrogens (tertiary/aromatic N) is 1. The van der Waals surface area contributed by atoms with E-state index in [2.05, 4.69) is 290 Å². The predicted molar refractivity (Wildman–Crippen MR) is 304 cm³/mol. The zero-order chi connectivity index (χ0) is 47.8. The topological polar surface area (TPSA) is 16.4 Å². The Balaban J connectivity index is 0.924. The van der Waals surface area contributed by atoms with Gasteiger partial charge in [-0.2, -0.15) is 0 Å². The number of para-hydroxylation sites is 1. The number of benzene rings is 12. The average Bonchev–Trinajstić information content (AvgIpc) is 3.86. The fourth-order valence-corrected chi connectivity index (χ4v) is 10.5. The number of rotatable bonds is 10. The molecule has 0 aliphatic heterocycles. The van der Waals surface area contributed by atoms with E-state index >= 15 is 0 Å². The maximum atomic E-state index is 6.82. The van der Waals surface area contributed by atoms with Crippen molar-refractivity contribution in [2.75, 3.05) is 4.90 Å². The Labute approximate surface area is 420 Å². The normalized spacial score (nSPS) is 11.3. The van der Waals surface area contributed by atoms with Crippen LogP contribution in [0.15, 0.2) is 290 Å². The maximum absolute atomic E-state index is 6.82. The highest BCUT2D eigenvalue weighted by atomic mass is 16.3. The van der Waals surface area contributed by atoms with Gasteiger partial charge < -0.3 is 9.32 Å². The van der Waals surface area contributed by atoms with Gasteiger partial charge in [-0.15, -0.1) is 0 Å². The summed E-state index contributed by atoms with van der Waals surface area (Å²) in [6.45, 7) is 0. The van der Waals surface area contributed by atoms with Crippen LogP contribution in [0, 0.1) is 0 Å². The molecule has 72 heavy (non-hydrogen) atoms. The van der Waals surface area contributed by atoms with Crippen molar-refractivity contribution in [1.82, 2.24) is 0 Å². The molecule has 0 aliphatic rings. The highest BCUT2D eigenvalue weighted by molar-refractivity contribution is 6.17. The van der Waals surface area contributed by atoms with E-state index in [1.165, 1.54) is 66.4 Å². The summed E-state index contributed by atoms with van der Waals surface area (Å²) in [6, 6.07) is 103. The van der Waals surface area contributed by atoms with E-state index in [-0.39, 0.29) is 0 Å². The highest BCUT2D eigenvalue weighted by Crippen LogP contribution is 2.47.